The van der Waals surface area contributed by atoms with Crippen molar-refractivity contribution in [2.75, 3.05) is 25.2 Å². The van der Waals surface area contributed by atoms with Gasteiger partial charge < -0.3 is 9.64 Å². The van der Waals surface area contributed by atoms with Crippen LogP contribution in [-0.4, -0.2) is 36.2 Å². The second kappa shape index (κ2) is 8.03. The van der Waals surface area contributed by atoms with E-state index >= 15 is 0 Å². The highest BCUT2D eigenvalue weighted by molar-refractivity contribution is 5.97. The normalized spacial score (nSPS) is 17.6. The lowest BCUT2D eigenvalue weighted by Gasteiger charge is -2.42. The van der Waals surface area contributed by atoms with Crippen molar-refractivity contribution in [3.05, 3.63) is 65.9 Å². The number of nitrogens with zero attached hydrogens (tertiary/aromatic N) is 3. The van der Waals surface area contributed by atoms with Gasteiger partial charge in [-0.25, -0.2) is 0 Å². The van der Waals surface area contributed by atoms with Gasteiger partial charge in [0.2, 0.25) is 0 Å². The zero-order valence-corrected chi connectivity index (χ0v) is 17.2. The Kier molecular flexibility index (Phi) is 5.11. The topological polar surface area (TPSA) is 28.6 Å². The van der Waals surface area contributed by atoms with E-state index < -0.39 is 0 Å². The summed E-state index contributed by atoms with van der Waals surface area (Å²) in [7, 11) is 1.73. The molecule has 0 spiro atoms. The van der Waals surface area contributed by atoms with E-state index in [9.17, 15) is 0 Å². The van der Waals surface area contributed by atoms with Crippen molar-refractivity contribution in [3.8, 4) is 5.75 Å². The molecule has 0 bridgehead atoms. The average molecular weight is 388 g/mol. The number of hydrogen-bond donors (Lipinski definition) is 0. The lowest BCUT2D eigenvalue weighted by molar-refractivity contribution is 0.245. The van der Waals surface area contributed by atoms with Crippen molar-refractivity contribution < 1.29 is 4.74 Å². The molecule has 2 aliphatic rings. The lowest BCUT2D eigenvalue weighted by atomic mass is 10.0. The first-order chi connectivity index (χ1) is 14.3. The number of benzene rings is 2. The average Bonchev–Trinajstić information content (AvgIpc) is 3.32. The van der Waals surface area contributed by atoms with Crippen LogP contribution in [0.4, 0.5) is 5.69 Å². The molecule has 0 atom stereocenters. The minimum absolute atomic E-state index is 0.630. The summed E-state index contributed by atoms with van der Waals surface area (Å²) >= 11 is 0. The molecule has 0 N–H and O–H groups in total. The van der Waals surface area contributed by atoms with E-state index in [0.29, 0.717) is 6.04 Å². The molecule has 1 saturated carbocycles. The predicted octanol–water partition coefficient (Wildman–Crippen LogP) is 5.01. The van der Waals surface area contributed by atoms with Crippen LogP contribution in [0.3, 0.4) is 0 Å². The van der Waals surface area contributed by atoms with Gasteiger partial charge in [0.05, 0.1) is 19.5 Å². The first kappa shape index (κ1) is 18.4. The highest BCUT2D eigenvalue weighted by Gasteiger charge is 2.31. The molecule has 0 unspecified atom stereocenters. The van der Waals surface area contributed by atoms with Gasteiger partial charge in [-0.3, -0.25) is 9.88 Å². The van der Waals surface area contributed by atoms with Crippen LogP contribution < -0.4 is 9.64 Å². The summed E-state index contributed by atoms with van der Waals surface area (Å²) in [6.45, 7) is 3.04. The molecule has 29 heavy (non-hydrogen) atoms. The van der Waals surface area contributed by atoms with Crippen LogP contribution >= 0.6 is 0 Å². The molecule has 4 heteroatoms. The van der Waals surface area contributed by atoms with Crippen LogP contribution in [0, 0.1) is 0 Å². The van der Waals surface area contributed by atoms with E-state index in [2.05, 4.69) is 58.5 Å². The van der Waals surface area contributed by atoms with Crippen LogP contribution in [0.1, 0.15) is 36.8 Å². The van der Waals surface area contributed by atoms with Gasteiger partial charge in [-0.2, -0.15) is 0 Å². The van der Waals surface area contributed by atoms with E-state index in [0.717, 1.165) is 37.4 Å². The van der Waals surface area contributed by atoms with Gasteiger partial charge in [0.15, 0.2) is 0 Å². The first-order valence-electron chi connectivity index (χ1n) is 10.8. The molecule has 1 aromatic heterocycles. The Bertz CT molecular complexity index is 982. The number of methoxy groups -OCH3 is 1. The van der Waals surface area contributed by atoms with Gasteiger partial charge in [0.25, 0.3) is 0 Å². The van der Waals surface area contributed by atoms with Gasteiger partial charge in [0.1, 0.15) is 11.3 Å². The number of fused-ring (bicyclic) bond motifs is 3. The van der Waals surface area contributed by atoms with E-state index in [1.165, 1.54) is 47.9 Å². The third-order valence-electron chi connectivity index (χ3n) is 6.49. The van der Waals surface area contributed by atoms with Gasteiger partial charge in [-0.05, 0) is 30.9 Å². The Balaban J connectivity index is 1.49. The molecule has 0 saturated heterocycles. The molecule has 4 nitrogen and oxygen atoms in total. The Morgan fingerprint density at radius 1 is 1.03 bits per heavy atom. The molecule has 5 rings (SSSR count). The first-order valence-corrected chi connectivity index (χ1v) is 10.8. The fraction of sp³-hybridized carbons (Fsp3) is 0.400. The van der Waals surface area contributed by atoms with Gasteiger partial charge >= 0.3 is 0 Å². The molecule has 0 radical (unpaired) electrons. The molecular formula is C25H29N3O. The van der Waals surface area contributed by atoms with Crippen molar-refractivity contribution in [1.29, 1.82) is 0 Å². The molecule has 1 aliphatic heterocycles. The SMILES string of the molecule is COc1cccc2c3c(cnc12)CN(CCc1ccccc1)CN3C1CCCC1. The quantitative estimate of drug-likeness (QED) is 0.615. The minimum Gasteiger partial charge on any atom is -0.494 e. The number of rotatable bonds is 5. The Morgan fingerprint density at radius 2 is 1.86 bits per heavy atom. The summed E-state index contributed by atoms with van der Waals surface area (Å²) in [4.78, 5) is 10.1. The lowest BCUT2D eigenvalue weighted by Crippen LogP contribution is -2.47. The monoisotopic (exact) mass is 387 g/mol. The smallest absolute Gasteiger partial charge is 0.145 e. The van der Waals surface area contributed by atoms with Crippen LogP contribution in [0.25, 0.3) is 10.9 Å². The van der Waals surface area contributed by atoms with E-state index in [-0.39, 0.29) is 0 Å². The largest absolute Gasteiger partial charge is 0.494 e. The number of anilines is 1. The molecule has 1 fully saturated rings. The number of hydrogen-bond acceptors (Lipinski definition) is 4. The summed E-state index contributed by atoms with van der Waals surface area (Å²) in [6, 6.07) is 17.8. The number of pyridine rings is 1. The van der Waals surface area contributed by atoms with Crippen LogP contribution in [0.5, 0.6) is 5.75 Å². The number of aromatic nitrogens is 1. The zero-order chi connectivity index (χ0) is 19.6. The highest BCUT2D eigenvalue weighted by Crippen LogP contribution is 2.40. The molecule has 2 aromatic carbocycles. The summed E-state index contributed by atoms with van der Waals surface area (Å²) in [5.41, 5.74) is 5.12. The van der Waals surface area contributed by atoms with Crippen molar-refractivity contribution in [2.45, 2.75) is 44.7 Å². The van der Waals surface area contributed by atoms with Gasteiger partial charge in [0, 0.05) is 36.3 Å². The molecule has 1 aliphatic carbocycles. The van der Waals surface area contributed by atoms with Gasteiger partial charge in [-0.1, -0.05) is 55.3 Å². The van der Waals surface area contributed by atoms with Crippen molar-refractivity contribution in [1.82, 2.24) is 9.88 Å². The fourth-order valence-electron chi connectivity index (χ4n) is 5.02. The van der Waals surface area contributed by atoms with E-state index in [1.807, 2.05) is 6.07 Å². The maximum atomic E-state index is 5.60. The molecule has 0 amide bonds. The van der Waals surface area contributed by atoms with E-state index in [1.54, 1.807) is 7.11 Å². The second-order valence-corrected chi connectivity index (χ2v) is 8.33. The second-order valence-electron chi connectivity index (χ2n) is 8.33. The maximum Gasteiger partial charge on any atom is 0.145 e. The Hall–Kier alpha value is -2.59. The molecule has 150 valence electrons. The van der Waals surface area contributed by atoms with Crippen molar-refractivity contribution in [2.24, 2.45) is 0 Å². The fourth-order valence-corrected chi connectivity index (χ4v) is 5.02. The standard InChI is InChI=1S/C25H29N3O/c1-29-23-13-7-12-22-24(23)26-16-20-17-27(15-14-19-8-3-2-4-9-19)18-28(25(20)22)21-10-5-6-11-21/h2-4,7-9,12-13,16,21H,5-6,10-11,14-15,17-18H2,1H3. The summed E-state index contributed by atoms with van der Waals surface area (Å²) in [5.74, 6) is 0.864. The summed E-state index contributed by atoms with van der Waals surface area (Å²) in [5, 5.41) is 1.23. The Morgan fingerprint density at radius 3 is 2.66 bits per heavy atom. The molecular weight excluding hydrogens is 358 g/mol. The number of ether oxygens (including phenoxy) is 1. The van der Waals surface area contributed by atoms with Crippen molar-refractivity contribution >= 4 is 16.6 Å². The molecule has 3 aromatic rings. The minimum atomic E-state index is 0.630. The third-order valence-corrected chi connectivity index (χ3v) is 6.49. The maximum absolute atomic E-state index is 5.60. The number of para-hydroxylation sites is 1. The zero-order valence-electron chi connectivity index (χ0n) is 17.2. The Labute approximate surface area is 173 Å². The van der Waals surface area contributed by atoms with Gasteiger partial charge in [-0.15, -0.1) is 0 Å². The third kappa shape index (κ3) is 3.58. The van der Waals surface area contributed by atoms with Crippen molar-refractivity contribution in [3.63, 3.8) is 0 Å². The van der Waals surface area contributed by atoms with Crippen LogP contribution in [0.2, 0.25) is 0 Å². The van der Waals surface area contributed by atoms with Crippen LogP contribution in [-0.2, 0) is 13.0 Å². The van der Waals surface area contributed by atoms with Crippen LogP contribution in [0.15, 0.2) is 54.7 Å². The predicted molar refractivity (Wildman–Crippen MR) is 118 cm³/mol. The molecule has 2 heterocycles. The van der Waals surface area contributed by atoms with E-state index in [4.69, 9.17) is 9.72 Å². The summed E-state index contributed by atoms with van der Waals surface area (Å²) < 4.78 is 5.60. The highest BCUT2D eigenvalue weighted by atomic mass is 16.5. The summed E-state index contributed by atoms with van der Waals surface area (Å²) in [6.07, 6.45) is 8.43.